The molecule has 3 aromatic carbocycles. The number of hydrazone groups is 1. The summed E-state index contributed by atoms with van der Waals surface area (Å²) in [5, 5.41) is 6.78. The van der Waals surface area contributed by atoms with Crippen LogP contribution in [0.1, 0.15) is 33.9 Å². The van der Waals surface area contributed by atoms with Gasteiger partial charge >= 0.3 is 5.91 Å². The fourth-order valence-electron chi connectivity index (χ4n) is 4.16. The molecule has 0 radical (unpaired) electrons. The number of ketones is 1. The lowest BCUT2D eigenvalue weighted by Crippen LogP contribution is -2.39. The Bertz CT molecular complexity index is 1220. The number of hydrogen-bond acceptors (Lipinski definition) is 5. The molecule has 32 heavy (non-hydrogen) atoms. The molecule has 2 aliphatic rings. The summed E-state index contributed by atoms with van der Waals surface area (Å²) in [7, 11) is 1.64. The van der Waals surface area contributed by atoms with Gasteiger partial charge in [0, 0.05) is 10.9 Å². The minimum Gasteiger partial charge on any atom is -0.497 e. The molecule has 7 heteroatoms. The summed E-state index contributed by atoms with van der Waals surface area (Å²) in [5.41, 5.74) is 4.06. The SMILES string of the molecule is COc1ccc(C2=NN(CN3C(=O)C(=O)c4ccc(Br)cc43)[C@@H](c3ccccc3)C2)cc1. The maximum Gasteiger partial charge on any atom is 0.301 e. The Morgan fingerprint density at radius 1 is 1.03 bits per heavy atom. The molecule has 6 nitrogen and oxygen atoms in total. The van der Waals surface area contributed by atoms with Crippen LogP contribution in [0.15, 0.2) is 82.4 Å². The van der Waals surface area contributed by atoms with Crippen LogP contribution in [0.4, 0.5) is 5.69 Å². The fraction of sp³-hybridized carbons (Fsp3) is 0.160. The first kappa shape index (κ1) is 20.5. The first-order valence-corrected chi connectivity index (χ1v) is 11.0. The van der Waals surface area contributed by atoms with E-state index < -0.39 is 11.7 Å². The number of benzene rings is 3. The van der Waals surface area contributed by atoms with Crippen LogP contribution < -0.4 is 9.64 Å². The van der Waals surface area contributed by atoms with E-state index in [1.54, 1.807) is 25.3 Å². The summed E-state index contributed by atoms with van der Waals surface area (Å²) in [6.07, 6.45) is 0.692. The molecular weight excluding hydrogens is 470 g/mol. The number of fused-ring (bicyclic) bond motifs is 1. The molecule has 2 aliphatic heterocycles. The van der Waals surface area contributed by atoms with Gasteiger partial charge in [-0.3, -0.25) is 19.5 Å². The van der Waals surface area contributed by atoms with Crippen molar-refractivity contribution in [2.75, 3.05) is 18.7 Å². The maximum atomic E-state index is 12.8. The molecule has 0 bridgehead atoms. The Hall–Kier alpha value is -3.45. The van der Waals surface area contributed by atoms with Crippen molar-refractivity contribution in [2.24, 2.45) is 5.10 Å². The molecule has 0 unspecified atom stereocenters. The van der Waals surface area contributed by atoms with Crippen LogP contribution in [0.5, 0.6) is 5.75 Å². The van der Waals surface area contributed by atoms with Crippen LogP contribution in [0.2, 0.25) is 0 Å². The van der Waals surface area contributed by atoms with E-state index >= 15 is 0 Å². The summed E-state index contributed by atoms with van der Waals surface area (Å²) < 4.78 is 6.08. The second-order valence-corrected chi connectivity index (χ2v) is 8.63. The van der Waals surface area contributed by atoms with Gasteiger partial charge in [-0.05, 0) is 53.6 Å². The number of rotatable bonds is 5. The number of carbonyl (C=O) groups excluding carboxylic acids is 2. The van der Waals surface area contributed by atoms with Crippen LogP contribution in [-0.2, 0) is 4.79 Å². The number of halogens is 1. The van der Waals surface area contributed by atoms with E-state index in [0.717, 1.165) is 27.1 Å². The number of hydrogen-bond donors (Lipinski definition) is 0. The van der Waals surface area contributed by atoms with Gasteiger partial charge in [0.15, 0.2) is 0 Å². The largest absolute Gasteiger partial charge is 0.497 e. The number of nitrogens with zero attached hydrogens (tertiary/aromatic N) is 3. The first-order chi connectivity index (χ1) is 15.5. The molecule has 0 saturated carbocycles. The summed E-state index contributed by atoms with van der Waals surface area (Å²) in [4.78, 5) is 26.8. The van der Waals surface area contributed by atoms with Crippen molar-refractivity contribution in [1.29, 1.82) is 0 Å². The summed E-state index contributed by atoms with van der Waals surface area (Å²) in [6.45, 7) is 0.188. The molecule has 0 aromatic heterocycles. The smallest absolute Gasteiger partial charge is 0.301 e. The molecule has 160 valence electrons. The summed E-state index contributed by atoms with van der Waals surface area (Å²) in [5.74, 6) is -0.229. The van der Waals surface area contributed by atoms with Gasteiger partial charge in [-0.15, -0.1) is 0 Å². The van der Waals surface area contributed by atoms with Crippen molar-refractivity contribution in [2.45, 2.75) is 12.5 Å². The van der Waals surface area contributed by atoms with Crippen molar-refractivity contribution >= 4 is 39.0 Å². The Morgan fingerprint density at radius 2 is 1.78 bits per heavy atom. The molecule has 3 aromatic rings. The van der Waals surface area contributed by atoms with Crippen LogP contribution in [-0.4, -0.2) is 36.2 Å². The van der Waals surface area contributed by atoms with Crippen LogP contribution in [0.3, 0.4) is 0 Å². The van der Waals surface area contributed by atoms with Gasteiger partial charge in [-0.1, -0.05) is 46.3 Å². The third-order valence-electron chi connectivity index (χ3n) is 5.82. The van der Waals surface area contributed by atoms with E-state index in [2.05, 4.69) is 28.1 Å². The number of anilines is 1. The highest BCUT2D eigenvalue weighted by atomic mass is 79.9. The zero-order chi connectivity index (χ0) is 22.2. The van der Waals surface area contributed by atoms with E-state index in [1.807, 2.05) is 47.5 Å². The molecule has 0 saturated heterocycles. The van der Waals surface area contributed by atoms with Crippen LogP contribution in [0.25, 0.3) is 0 Å². The predicted octanol–water partition coefficient (Wildman–Crippen LogP) is 4.80. The van der Waals surface area contributed by atoms with Gasteiger partial charge in [-0.2, -0.15) is 5.10 Å². The van der Waals surface area contributed by atoms with Crippen LogP contribution in [0, 0.1) is 0 Å². The Morgan fingerprint density at radius 3 is 2.50 bits per heavy atom. The second kappa shape index (κ2) is 8.24. The van der Waals surface area contributed by atoms with Gasteiger partial charge in [0.2, 0.25) is 0 Å². The maximum absolute atomic E-state index is 12.8. The summed E-state index contributed by atoms with van der Waals surface area (Å²) in [6, 6.07) is 23.1. The zero-order valence-corrected chi connectivity index (χ0v) is 19.0. The fourth-order valence-corrected chi connectivity index (χ4v) is 4.51. The minimum absolute atomic E-state index is 0.0487. The quantitative estimate of drug-likeness (QED) is 0.483. The lowest BCUT2D eigenvalue weighted by Gasteiger charge is -2.28. The third kappa shape index (κ3) is 3.58. The molecule has 2 heterocycles. The van der Waals surface area contributed by atoms with Gasteiger partial charge in [0.1, 0.15) is 12.4 Å². The molecular formula is C25H20BrN3O3. The highest BCUT2D eigenvalue weighted by Crippen LogP contribution is 2.37. The van der Waals surface area contributed by atoms with E-state index in [9.17, 15) is 9.59 Å². The molecule has 0 fully saturated rings. The van der Waals surface area contributed by atoms with Crippen LogP contribution >= 0.6 is 15.9 Å². The number of ether oxygens (including phenoxy) is 1. The zero-order valence-electron chi connectivity index (χ0n) is 17.4. The first-order valence-electron chi connectivity index (χ1n) is 10.2. The normalized spacial score (nSPS) is 17.6. The number of methoxy groups -OCH3 is 1. The van der Waals surface area contributed by atoms with Crippen molar-refractivity contribution in [1.82, 2.24) is 5.01 Å². The second-order valence-electron chi connectivity index (χ2n) is 7.71. The topological polar surface area (TPSA) is 62.2 Å². The molecule has 0 N–H and O–H groups in total. The van der Waals surface area contributed by atoms with Crippen molar-refractivity contribution < 1.29 is 14.3 Å². The van der Waals surface area contributed by atoms with Crippen molar-refractivity contribution in [3.8, 4) is 5.75 Å². The molecule has 1 amide bonds. The van der Waals surface area contributed by atoms with Gasteiger partial charge in [0.05, 0.1) is 30.1 Å². The van der Waals surface area contributed by atoms with E-state index in [-0.39, 0.29) is 12.7 Å². The molecule has 0 spiro atoms. The van der Waals surface area contributed by atoms with Gasteiger partial charge in [-0.25, -0.2) is 0 Å². The Kier molecular flexibility index (Phi) is 5.27. The Labute approximate surface area is 194 Å². The average molecular weight is 490 g/mol. The molecule has 5 rings (SSSR count). The number of carbonyl (C=O) groups is 2. The predicted molar refractivity (Wildman–Crippen MR) is 126 cm³/mol. The average Bonchev–Trinajstić information content (AvgIpc) is 3.35. The summed E-state index contributed by atoms with van der Waals surface area (Å²) >= 11 is 3.44. The highest BCUT2D eigenvalue weighted by Gasteiger charge is 2.39. The number of Topliss-reactive ketones (excluding diaryl/α,β-unsaturated/α-hetero) is 1. The standard InChI is InChI=1S/C25H20BrN3O3/c1-32-19-10-7-16(8-11-19)21-14-22(17-5-3-2-4-6-17)29(27-21)15-28-23-13-18(26)9-12-20(23)24(30)25(28)31/h2-13,22H,14-15H2,1H3/t22-/m1/s1. The number of amides is 1. The molecule has 1 atom stereocenters. The van der Waals surface area contributed by atoms with Crippen molar-refractivity contribution in [3.63, 3.8) is 0 Å². The van der Waals surface area contributed by atoms with E-state index in [1.165, 1.54) is 4.90 Å². The van der Waals surface area contributed by atoms with Gasteiger partial charge < -0.3 is 4.74 Å². The molecule has 0 aliphatic carbocycles. The third-order valence-corrected chi connectivity index (χ3v) is 6.32. The minimum atomic E-state index is -0.530. The van der Waals surface area contributed by atoms with Crippen molar-refractivity contribution in [3.05, 3.63) is 94.0 Å². The Balaban J connectivity index is 1.50. The van der Waals surface area contributed by atoms with E-state index in [0.29, 0.717) is 17.7 Å². The lowest BCUT2D eigenvalue weighted by atomic mass is 9.98. The lowest BCUT2D eigenvalue weighted by molar-refractivity contribution is -0.114. The van der Waals surface area contributed by atoms with E-state index in [4.69, 9.17) is 9.84 Å². The highest BCUT2D eigenvalue weighted by molar-refractivity contribution is 9.10. The monoisotopic (exact) mass is 489 g/mol. The van der Waals surface area contributed by atoms with Gasteiger partial charge in [0.25, 0.3) is 5.78 Å².